The molecule has 0 unspecified atom stereocenters. The van der Waals surface area contributed by atoms with Gasteiger partial charge in [-0.1, -0.05) is 206 Å². The van der Waals surface area contributed by atoms with E-state index in [0.717, 1.165) is 0 Å². The molecular weight excluding hydrogens is 697 g/mol. The Hall–Kier alpha value is -7.54. The average Bonchev–Trinajstić information content (AvgIpc) is 3.29. The molecule has 58 heavy (non-hydrogen) atoms. The Labute approximate surface area is 336 Å². The summed E-state index contributed by atoms with van der Waals surface area (Å²) in [5.74, 6) is 0. The van der Waals surface area contributed by atoms with E-state index in [4.69, 9.17) is 0 Å². The standard InChI is InChI=1S/C58H36/c1-2-15-37(16-3-1)57-52-21-8-10-23-54(52)58(55-24-11-9-22-53(55)57)51-30-14-27-43-44(25-12-28-46(43)51)49-33-34-50(42-20-7-6-19-41(42)49)45-26-13-29-47-48(45)32-31-40-35-38-17-4-5-18-39(38)36-56(40)47/h1-36H. The topological polar surface area (TPSA) is 0 Å². The van der Waals surface area contributed by atoms with Gasteiger partial charge in [-0.2, -0.15) is 0 Å². The summed E-state index contributed by atoms with van der Waals surface area (Å²) in [6, 6.07) is 80.9. The monoisotopic (exact) mass is 732 g/mol. The number of fused-ring (bicyclic) bond motifs is 8. The molecule has 0 heteroatoms. The summed E-state index contributed by atoms with van der Waals surface area (Å²) in [4.78, 5) is 0. The van der Waals surface area contributed by atoms with Crippen LogP contribution in [0.4, 0.5) is 0 Å². The minimum absolute atomic E-state index is 1.24. The first-order chi connectivity index (χ1) is 28.8. The molecule has 12 aromatic rings. The van der Waals surface area contributed by atoms with Gasteiger partial charge in [0, 0.05) is 0 Å². The largest absolute Gasteiger partial charge is 0.0622 e. The van der Waals surface area contributed by atoms with Crippen molar-refractivity contribution >= 4 is 75.4 Å². The molecule has 0 spiro atoms. The quantitative estimate of drug-likeness (QED) is 0.125. The summed E-state index contributed by atoms with van der Waals surface area (Å²) in [5, 5.41) is 17.8. The molecule has 0 aliphatic rings. The van der Waals surface area contributed by atoms with E-state index >= 15 is 0 Å². The van der Waals surface area contributed by atoms with Crippen molar-refractivity contribution in [3.8, 4) is 44.5 Å². The van der Waals surface area contributed by atoms with Gasteiger partial charge in [0.25, 0.3) is 0 Å². The highest BCUT2D eigenvalue weighted by molar-refractivity contribution is 6.25. The van der Waals surface area contributed by atoms with Gasteiger partial charge < -0.3 is 0 Å². The Morgan fingerprint density at radius 3 is 1.16 bits per heavy atom. The highest BCUT2D eigenvalue weighted by Crippen LogP contribution is 2.47. The van der Waals surface area contributed by atoms with Crippen LogP contribution in [0.5, 0.6) is 0 Å². The molecule has 0 aromatic heterocycles. The Balaban J connectivity index is 1.07. The third-order valence-corrected chi connectivity index (χ3v) is 12.4. The molecule has 268 valence electrons. The van der Waals surface area contributed by atoms with Gasteiger partial charge in [-0.25, -0.2) is 0 Å². The van der Waals surface area contributed by atoms with Gasteiger partial charge in [-0.3, -0.25) is 0 Å². The highest BCUT2D eigenvalue weighted by Gasteiger charge is 2.20. The molecular formula is C58H36. The SMILES string of the molecule is c1ccc(-c2c3ccccc3c(-c3cccc4c(-c5ccc(-c6cccc7c6ccc6cc8ccccc8cc67)c6ccccc56)cccc34)c3ccccc23)cc1. The molecule has 0 amide bonds. The number of hydrogen-bond donors (Lipinski definition) is 0. The molecule has 0 fully saturated rings. The van der Waals surface area contributed by atoms with Crippen molar-refractivity contribution in [2.75, 3.05) is 0 Å². The van der Waals surface area contributed by atoms with E-state index in [9.17, 15) is 0 Å². The van der Waals surface area contributed by atoms with E-state index in [0.29, 0.717) is 0 Å². The summed E-state index contributed by atoms with van der Waals surface area (Å²) in [6.07, 6.45) is 0. The first-order valence-corrected chi connectivity index (χ1v) is 20.2. The van der Waals surface area contributed by atoms with Crippen LogP contribution < -0.4 is 0 Å². The van der Waals surface area contributed by atoms with Gasteiger partial charge in [0.2, 0.25) is 0 Å². The van der Waals surface area contributed by atoms with E-state index in [1.807, 2.05) is 0 Å². The van der Waals surface area contributed by atoms with Crippen molar-refractivity contribution in [2.45, 2.75) is 0 Å². The lowest BCUT2D eigenvalue weighted by atomic mass is 9.83. The van der Waals surface area contributed by atoms with Gasteiger partial charge in [0.05, 0.1) is 0 Å². The van der Waals surface area contributed by atoms with Crippen molar-refractivity contribution in [1.29, 1.82) is 0 Å². The Bertz CT molecular complexity index is 3550. The third kappa shape index (κ3) is 4.95. The molecule has 0 heterocycles. The minimum atomic E-state index is 1.24. The number of benzene rings is 12. The zero-order chi connectivity index (χ0) is 38.2. The van der Waals surface area contributed by atoms with E-state index in [1.54, 1.807) is 0 Å². The van der Waals surface area contributed by atoms with Crippen LogP contribution in [0.3, 0.4) is 0 Å². The molecule has 12 aromatic carbocycles. The maximum atomic E-state index is 2.36. The highest BCUT2D eigenvalue weighted by atomic mass is 14.2. The fraction of sp³-hybridized carbons (Fsp3) is 0. The first-order valence-electron chi connectivity index (χ1n) is 20.2. The zero-order valence-corrected chi connectivity index (χ0v) is 31.8. The maximum absolute atomic E-state index is 2.36. The predicted octanol–water partition coefficient (Wildman–Crippen LogP) is 16.4. The number of rotatable bonds is 4. The van der Waals surface area contributed by atoms with E-state index in [1.165, 1.54) is 120 Å². The van der Waals surface area contributed by atoms with Gasteiger partial charge in [0.1, 0.15) is 0 Å². The van der Waals surface area contributed by atoms with Gasteiger partial charge >= 0.3 is 0 Å². The lowest BCUT2D eigenvalue weighted by Crippen LogP contribution is -1.92. The molecule has 0 aliphatic heterocycles. The van der Waals surface area contributed by atoms with E-state index < -0.39 is 0 Å². The second-order valence-electron chi connectivity index (χ2n) is 15.5. The summed E-state index contributed by atoms with van der Waals surface area (Å²) >= 11 is 0. The van der Waals surface area contributed by atoms with Crippen LogP contribution >= 0.6 is 0 Å². The summed E-state index contributed by atoms with van der Waals surface area (Å²) < 4.78 is 0. The van der Waals surface area contributed by atoms with Gasteiger partial charge in [0.15, 0.2) is 0 Å². The lowest BCUT2D eigenvalue weighted by Gasteiger charge is -2.20. The lowest BCUT2D eigenvalue weighted by molar-refractivity contribution is 1.65. The van der Waals surface area contributed by atoms with Gasteiger partial charge in [-0.15, -0.1) is 0 Å². The number of hydrogen-bond acceptors (Lipinski definition) is 0. The molecule has 0 radical (unpaired) electrons. The summed E-state index contributed by atoms with van der Waals surface area (Å²) in [7, 11) is 0. The Morgan fingerprint density at radius 1 is 0.172 bits per heavy atom. The van der Waals surface area contributed by atoms with Crippen LogP contribution in [-0.4, -0.2) is 0 Å². The van der Waals surface area contributed by atoms with Crippen molar-refractivity contribution < 1.29 is 0 Å². The van der Waals surface area contributed by atoms with E-state index in [2.05, 4.69) is 218 Å². The van der Waals surface area contributed by atoms with Crippen LogP contribution in [0.25, 0.3) is 120 Å². The van der Waals surface area contributed by atoms with Crippen LogP contribution in [0.2, 0.25) is 0 Å². The normalized spacial score (nSPS) is 11.8. The smallest absolute Gasteiger partial charge is 0.00201 e. The second-order valence-corrected chi connectivity index (χ2v) is 15.5. The molecule has 0 saturated carbocycles. The summed E-state index contributed by atoms with van der Waals surface area (Å²) in [5.41, 5.74) is 10.1. The summed E-state index contributed by atoms with van der Waals surface area (Å²) in [6.45, 7) is 0. The van der Waals surface area contributed by atoms with Crippen molar-refractivity contribution in [2.24, 2.45) is 0 Å². The molecule has 0 aliphatic carbocycles. The maximum Gasteiger partial charge on any atom is -0.00201 e. The fourth-order valence-corrected chi connectivity index (χ4v) is 9.88. The van der Waals surface area contributed by atoms with Crippen molar-refractivity contribution in [3.05, 3.63) is 218 Å². The first kappa shape index (κ1) is 32.7. The fourth-order valence-electron chi connectivity index (χ4n) is 9.88. The van der Waals surface area contributed by atoms with Crippen LogP contribution in [0.15, 0.2) is 218 Å². The van der Waals surface area contributed by atoms with Crippen LogP contribution in [0, 0.1) is 0 Å². The van der Waals surface area contributed by atoms with Crippen LogP contribution in [-0.2, 0) is 0 Å². The van der Waals surface area contributed by atoms with Gasteiger partial charge in [-0.05, 0) is 132 Å². The average molecular weight is 733 g/mol. The molecule has 12 rings (SSSR count). The van der Waals surface area contributed by atoms with Crippen LogP contribution in [0.1, 0.15) is 0 Å². The molecule has 0 atom stereocenters. The zero-order valence-electron chi connectivity index (χ0n) is 31.8. The molecule has 0 bridgehead atoms. The van der Waals surface area contributed by atoms with E-state index in [-0.39, 0.29) is 0 Å². The van der Waals surface area contributed by atoms with Crippen molar-refractivity contribution in [3.63, 3.8) is 0 Å². The predicted molar refractivity (Wildman–Crippen MR) is 251 cm³/mol. The molecule has 0 nitrogen and oxygen atoms in total. The van der Waals surface area contributed by atoms with Crippen molar-refractivity contribution in [1.82, 2.24) is 0 Å². The Morgan fingerprint density at radius 2 is 0.569 bits per heavy atom. The molecule has 0 saturated heterocycles. The molecule has 0 N–H and O–H groups in total. The Kier molecular flexibility index (Phi) is 7.33. The second kappa shape index (κ2) is 13.0. The third-order valence-electron chi connectivity index (χ3n) is 12.4. The minimum Gasteiger partial charge on any atom is -0.0622 e.